The van der Waals surface area contributed by atoms with Gasteiger partial charge >= 0.3 is 6.03 Å². The molecule has 8 heteroatoms. The third-order valence-electron chi connectivity index (χ3n) is 6.51. The van der Waals surface area contributed by atoms with E-state index in [0.29, 0.717) is 35.8 Å². The molecule has 3 aromatic carbocycles. The number of benzene rings is 3. The van der Waals surface area contributed by atoms with Crippen molar-refractivity contribution in [2.24, 2.45) is 5.92 Å². The van der Waals surface area contributed by atoms with Gasteiger partial charge in [0.05, 0.1) is 23.9 Å². The molecule has 190 valence electrons. The Labute approximate surface area is 211 Å². The average molecular weight is 491 g/mol. The van der Waals surface area contributed by atoms with E-state index in [9.17, 15) is 14.7 Å². The Morgan fingerprint density at radius 1 is 1.14 bits per heavy atom. The fourth-order valence-electron chi connectivity index (χ4n) is 4.50. The summed E-state index contributed by atoms with van der Waals surface area (Å²) in [5.74, 6) is 0.288. The summed E-state index contributed by atoms with van der Waals surface area (Å²) in [4.78, 5) is 30.1. The zero-order chi connectivity index (χ0) is 25.8. The van der Waals surface area contributed by atoms with Crippen LogP contribution in [0.3, 0.4) is 0 Å². The van der Waals surface area contributed by atoms with Crippen LogP contribution in [-0.2, 0) is 0 Å². The molecule has 0 spiro atoms. The van der Waals surface area contributed by atoms with Gasteiger partial charge in [-0.2, -0.15) is 0 Å². The molecule has 0 aromatic heterocycles. The number of hydrogen-bond acceptors (Lipinski definition) is 5. The van der Waals surface area contributed by atoms with E-state index in [2.05, 4.69) is 22.5 Å². The van der Waals surface area contributed by atoms with Crippen molar-refractivity contribution in [3.8, 4) is 5.75 Å². The van der Waals surface area contributed by atoms with Crippen LogP contribution < -0.4 is 15.4 Å². The minimum Gasteiger partial charge on any atom is -0.488 e. The summed E-state index contributed by atoms with van der Waals surface area (Å²) in [6.07, 6.45) is -0.145. The minimum absolute atomic E-state index is 0.0581. The van der Waals surface area contributed by atoms with E-state index >= 15 is 0 Å². The van der Waals surface area contributed by atoms with Crippen LogP contribution in [0.4, 0.5) is 16.2 Å². The van der Waals surface area contributed by atoms with E-state index in [1.807, 2.05) is 63.5 Å². The van der Waals surface area contributed by atoms with Crippen molar-refractivity contribution in [2.75, 3.05) is 44.4 Å². The van der Waals surface area contributed by atoms with Gasteiger partial charge in [0.15, 0.2) is 0 Å². The molecule has 1 aliphatic rings. The number of urea groups is 1. The monoisotopic (exact) mass is 490 g/mol. The maximum Gasteiger partial charge on any atom is 0.323 e. The lowest BCUT2D eigenvalue weighted by Crippen LogP contribution is -2.49. The topological polar surface area (TPSA) is 94.1 Å². The summed E-state index contributed by atoms with van der Waals surface area (Å²) >= 11 is 0. The summed E-state index contributed by atoms with van der Waals surface area (Å²) in [7, 11) is 3.97. The molecule has 0 saturated carbocycles. The van der Waals surface area contributed by atoms with Crippen molar-refractivity contribution < 1.29 is 19.4 Å². The Morgan fingerprint density at radius 3 is 2.64 bits per heavy atom. The molecule has 0 saturated heterocycles. The standard InChI is InChI=1S/C28H34N4O4/c1-18-15-32(19(2)17-33)27(34)23-14-21(12-13-25(23)36-26(18)16-31(3)4)29-28(35)30-24-11-7-9-20-8-5-6-10-22(20)24/h5-14,18-19,26,33H,15-17H2,1-4H3,(H2,29,30,35)/t18-,19+,26+/m1/s1. The number of nitrogens with zero attached hydrogens (tertiary/aromatic N) is 2. The Balaban J connectivity index is 1.61. The number of fused-ring (bicyclic) bond motifs is 2. The lowest BCUT2D eigenvalue weighted by Gasteiger charge is -2.37. The number of anilines is 2. The second kappa shape index (κ2) is 11.0. The van der Waals surface area contributed by atoms with Crippen molar-refractivity contribution >= 4 is 34.1 Å². The van der Waals surface area contributed by atoms with Crippen LogP contribution in [0.2, 0.25) is 0 Å². The molecule has 0 fully saturated rings. The molecule has 1 aliphatic heterocycles. The van der Waals surface area contributed by atoms with Gasteiger partial charge in [0.1, 0.15) is 11.9 Å². The van der Waals surface area contributed by atoms with Gasteiger partial charge in [0.25, 0.3) is 5.91 Å². The van der Waals surface area contributed by atoms with E-state index in [4.69, 9.17) is 4.74 Å². The summed E-state index contributed by atoms with van der Waals surface area (Å²) in [6, 6.07) is 17.9. The van der Waals surface area contributed by atoms with Crippen LogP contribution in [0.25, 0.3) is 10.8 Å². The number of aliphatic hydroxyl groups is 1. The molecule has 0 bridgehead atoms. The Bertz CT molecular complexity index is 1240. The van der Waals surface area contributed by atoms with Gasteiger partial charge < -0.3 is 30.3 Å². The molecule has 36 heavy (non-hydrogen) atoms. The van der Waals surface area contributed by atoms with Gasteiger partial charge in [0.2, 0.25) is 0 Å². The first kappa shape index (κ1) is 25.5. The van der Waals surface area contributed by atoms with Gasteiger partial charge in [-0.15, -0.1) is 0 Å². The maximum atomic E-state index is 13.5. The number of likely N-dealkylation sites (N-methyl/N-ethyl adjacent to an activating group) is 1. The molecule has 3 amide bonds. The van der Waals surface area contributed by atoms with Gasteiger partial charge in [-0.05, 0) is 50.7 Å². The molecular weight excluding hydrogens is 456 g/mol. The lowest BCUT2D eigenvalue weighted by molar-refractivity contribution is 0.0363. The van der Waals surface area contributed by atoms with E-state index in [1.54, 1.807) is 23.1 Å². The predicted molar refractivity (Wildman–Crippen MR) is 143 cm³/mol. The van der Waals surface area contributed by atoms with E-state index in [0.717, 1.165) is 10.8 Å². The van der Waals surface area contributed by atoms with Gasteiger partial charge in [0, 0.05) is 30.1 Å². The number of hydrogen-bond donors (Lipinski definition) is 3. The summed E-state index contributed by atoms with van der Waals surface area (Å²) < 4.78 is 6.32. The van der Waals surface area contributed by atoms with Crippen LogP contribution >= 0.6 is 0 Å². The molecule has 3 aromatic rings. The average Bonchev–Trinajstić information content (AvgIpc) is 2.86. The largest absolute Gasteiger partial charge is 0.488 e. The third-order valence-corrected chi connectivity index (χ3v) is 6.51. The maximum absolute atomic E-state index is 13.5. The lowest BCUT2D eigenvalue weighted by atomic mass is 9.99. The number of ether oxygens (including phenoxy) is 1. The molecule has 8 nitrogen and oxygen atoms in total. The Hall–Kier alpha value is -3.62. The highest BCUT2D eigenvalue weighted by Gasteiger charge is 2.33. The van der Waals surface area contributed by atoms with Gasteiger partial charge in [-0.1, -0.05) is 43.3 Å². The Kier molecular flexibility index (Phi) is 7.76. The molecule has 0 aliphatic carbocycles. The van der Waals surface area contributed by atoms with Crippen LogP contribution in [-0.4, -0.2) is 72.8 Å². The smallest absolute Gasteiger partial charge is 0.323 e. The van der Waals surface area contributed by atoms with Crippen molar-refractivity contribution in [1.29, 1.82) is 0 Å². The van der Waals surface area contributed by atoms with E-state index in [-0.39, 0.29) is 30.6 Å². The fourth-order valence-corrected chi connectivity index (χ4v) is 4.50. The first-order valence-electron chi connectivity index (χ1n) is 12.2. The molecule has 0 radical (unpaired) electrons. The summed E-state index contributed by atoms with van der Waals surface area (Å²) in [5, 5.41) is 17.5. The second-order valence-corrected chi connectivity index (χ2v) is 9.70. The number of aliphatic hydroxyl groups excluding tert-OH is 1. The molecule has 3 atom stereocenters. The number of nitrogens with one attached hydrogen (secondary N) is 2. The van der Waals surface area contributed by atoms with Crippen molar-refractivity contribution in [1.82, 2.24) is 9.80 Å². The molecule has 0 unspecified atom stereocenters. The SMILES string of the molecule is C[C@@H]1CN([C@@H](C)CO)C(=O)c2cc(NC(=O)Nc3cccc4ccccc34)ccc2O[C@H]1CN(C)C. The molecule has 3 N–H and O–H groups in total. The van der Waals surface area contributed by atoms with Crippen molar-refractivity contribution in [3.63, 3.8) is 0 Å². The quantitative estimate of drug-likeness (QED) is 0.480. The normalized spacial score (nSPS) is 18.7. The van der Waals surface area contributed by atoms with Gasteiger partial charge in [-0.25, -0.2) is 4.79 Å². The molecular formula is C28H34N4O4. The van der Waals surface area contributed by atoms with Gasteiger partial charge in [-0.3, -0.25) is 4.79 Å². The molecule has 1 heterocycles. The highest BCUT2D eigenvalue weighted by Crippen LogP contribution is 2.31. The highest BCUT2D eigenvalue weighted by atomic mass is 16.5. The number of carbonyl (C=O) groups is 2. The zero-order valence-corrected chi connectivity index (χ0v) is 21.2. The third kappa shape index (κ3) is 5.61. The van der Waals surface area contributed by atoms with Crippen LogP contribution in [0.15, 0.2) is 60.7 Å². The molecule has 4 rings (SSSR count). The van der Waals surface area contributed by atoms with Crippen molar-refractivity contribution in [3.05, 3.63) is 66.2 Å². The predicted octanol–water partition coefficient (Wildman–Crippen LogP) is 4.27. The van der Waals surface area contributed by atoms with Crippen LogP contribution in [0, 0.1) is 5.92 Å². The highest BCUT2D eigenvalue weighted by molar-refractivity contribution is 6.07. The fraction of sp³-hybridized carbons (Fsp3) is 0.357. The first-order valence-corrected chi connectivity index (χ1v) is 12.2. The van der Waals surface area contributed by atoms with E-state index < -0.39 is 6.03 Å². The minimum atomic E-state index is -0.412. The van der Waals surface area contributed by atoms with Crippen LogP contribution in [0.5, 0.6) is 5.75 Å². The number of carbonyl (C=O) groups excluding carboxylic acids is 2. The number of amides is 3. The van der Waals surface area contributed by atoms with E-state index in [1.165, 1.54) is 0 Å². The second-order valence-electron chi connectivity index (χ2n) is 9.70. The summed E-state index contributed by atoms with van der Waals surface area (Å²) in [6.45, 7) is 4.88. The first-order chi connectivity index (χ1) is 17.3. The van der Waals surface area contributed by atoms with Crippen molar-refractivity contribution in [2.45, 2.75) is 26.0 Å². The summed E-state index contributed by atoms with van der Waals surface area (Å²) in [5.41, 5.74) is 1.52. The number of rotatable bonds is 6. The Morgan fingerprint density at radius 2 is 1.89 bits per heavy atom. The van der Waals surface area contributed by atoms with Crippen LogP contribution in [0.1, 0.15) is 24.2 Å². The zero-order valence-electron chi connectivity index (χ0n) is 21.2.